The molecule has 1 aliphatic rings. The second-order valence-electron chi connectivity index (χ2n) is 6.22. The van der Waals surface area contributed by atoms with Gasteiger partial charge in [-0.1, -0.05) is 37.3 Å². The molecule has 1 fully saturated rings. The number of hydrogen-bond acceptors (Lipinski definition) is 2. The molecule has 2 rings (SSSR count). The van der Waals surface area contributed by atoms with E-state index in [9.17, 15) is 4.79 Å². The molecule has 110 valence electrons. The highest BCUT2D eigenvalue weighted by Gasteiger charge is 2.35. The van der Waals surface area contributed by atoms with Crippen molar-refractivity contribution in [3.05, 3.63) is 35.9 Å². The fraction of sp³-hybridized carbons (Fsp3) is 0.588. The maximum absolute atomic E-state index is 12.1. The van der Waals surface area contributed by atoms with Crippen LogP contribution in [0.15, 0.2) is 30.3 Å². The quantitative estimate of drug-likeness (QED) is 0.864. The van der Waals surface area contributed by atoms with E-state index in [4.69, 9.17) is 0 Å². The number of hydrogen-bond donors (Lipinski definition) is 1. The first kappa shape index (κ1) is 15.0. The van der Waals surface area contributed by atoms with E-state index >= 15 is 0 Å². The Bertz CT molecular complexity index is 432. The number of benzene rings is 1. The average Bonchev–Trinajstić information content (AvgIpc) is 2.87. The van der Waals surface area contributed by atoms with Crippen LogP contribution in [-0.2, 0) is 11.2 Å². The normalized spacial score (nSPS) is 22.2. The van der Waals surface area contributed by atoms with Crippen molar-refractivity contribution in [2.24, 2.45) is 5.41 Å². The lowest BCUT2D eigenvalue weighted by atomic mass is 9.83. The van der Waals surface area contributed by atoms with Crippen molar-refractivity contribution in [1.29, 1.82) is 0 Å². The highest BCUT2D eigenvalue weighted by molar-refractivity contribution is 5.76. The van der Waals surface area contributed by atoms with E-state index in [0.717, 1.165) is 38.9 Å². The van der Waals surface area contributed by atoms with Crippen molar-refractivity contribution in [2.75, 3.05) is 26.7 Å². The molecule has 1 N–H and O–H groups in total. The van der Waals surface area contributed by atoms with Crippen molar-refractivity contribution in [1.82, 2.24) is 10.2 Å². The van der Waals surface area contributed by atoms with Crippen molar-refractivity contribution in [2.45, 2.75) is 32.6 Å². The molecule has 1 unspecified atom stereocenters. The van der Waals surface area contributed by atoms with Gasteiger partial charge in [0.05, 0.1) is 0 Å². The Hall–Kier alpha value is -1.35. The largest absolute Gasteiger partial charge is 0.342 e. The monoisotopic (exact) mass is 274 g/mol. The Morgan fingerprint density at radius 2 is 2.10 bits per heavy atom. The van der Waals surface area contributed by atoms with Gasteiger partial charge in [-0.2, -0.15) is 0 Å². The molecule has 0 spiro atoms. The topological polar surface area (TPSA) is 32.3 Å². The summed E-state index contributed by atoms with van der Waals surface area (Å²) in [5.41, 5.74) is 1.68. The minimum Gasteiger partial charge on any atom is -0.342 e. The Labute approximate surface area is 122 Å². The van der Waals surface area contributed by atoms with Gasteiger partial charge in [-0.15, -0.1) is 0 Å². The summed E-state index contributed by atoms with van der Waals surface area (Å²) in [5.74, 6) is 0.294. The molecule has 1 saturated heterocycles. The van der Waals surface area contributed by atoms with E-state index in [-0.39, 0.29) is 5.41 Å². The molecule has 1 aliphatic heterocycles. The van der Waals surface area contributed by atoms with Crippen molar-refractivity contribution in [3.63, 3.8) is 0 Å². The van der Waals surface area contributed by atoms with E-state index in [1.807, 2.05) is 11.9 Å². The number of likely N-dealkylation sites (tertiary alicyclic amines) is 1. The zero-order valence-electron chi connectivity index (χ0n) is 12.7. The smallest absolute Gasteiger partial charge is 0.223 e. The van der Waals surface area contributed by atoms with Crippen LogP contribution in [0.1, 0.15) is 31.7 Å². The van der Waals surface area contributed by atoms with Crippen LogP contribution in [0.5, 0.6) is 0 Å². The molecule has 1 aromatic carbocycles. The van der Waals surface area contributed by atoms with Gasteiger partial charge in [0.1, 0.15) is 0 Å². The van der Waals surface area contributed by atoms with Crippen molar-refractivity contribution < 1.29 is 4.79 Å². The predicted molar refractivity (Wildman–Crippen MR) is 82.6 cm³/mol. The van der Waals surface area contributed by atoms with Crippen LogP contribution in [0.2, 0.25) is 0 Å². The molecule has 0 aromatic heterocycles. The summed E-state index contributed by atoms with van der Waals surface area (Å²) in [6.45, 7) is 4.94. The molecule has 20 heavy (non-hydrogen) atoms. The Morgan fingerprint density at radius 1 is 1.35 bits per heavy atom. The maximum atomic E-state index is 12.1. The Kier molecular flexibility index (Phi) is 5.18. The minimum absolute atomic E-state index is 0.283. The highest BCUT2D eigenvalue weighted by atomic mass is 16.2. The molecule has 0 aliphatic carbocycles. The van der Waals surface area contributed by atoms with Gasteiger partial charge >= 0.3 is 0 Å². The molecule has 3 heteroatoms. The zero-order chi connectivity index (χ0) is 14.4. The fourth-order valence-corrected chi connectivity index (χ4v) is 2.92. The van der Waals surface area contributed by atoms with Crippen molar-refractivity contribution in [3.8, 4) is 0 Å². The third-order valence-corrected chi connectivity index (χ3v) is 4.36. The SMILES string of the molecule is CNCCC(=O)N1CCC(C)(CCc2ccccc2)C1. The van der Waals surface area contributed by atoms with Gasteiger partial charge in [0, 0.05) is 26.1 Å². The highest BCUT2D eigenvalue weighted by Crippen LogP contribution is 2.34. The lowest BCUT2D eigenvalue weighted by Gasteiger charge is -2.24. The van der Waals surface area contributed by atoms with Crippen LogP contribution in [-0.4, -0.2) is 37.5 Å². The lowest BCUT2D eigenvalue weighted by molar-refractivity contribution is -0.130. The third-order valence-electron chi connectivity index (χ3n) is 4.36. The van der Waals surface area contributed by atoms with Gasteiger partial charge in [-0.3, -0.25) is 4.79 Å². The maximum Gasteiger partial charge on any atom is 0.223 e. The van der Waals surface area contributed by atoms with Crippen LogP contribution < -0.4 is 5.32 Å². The second kappa shape index (κ2) is 6.89. The van der Waals surface area contributed by atoms with Gasteiger partial charge in [0.15, 0.2) is 0 Å². The second-order valence-corrected chi connectivity index (χ2v) is 6.22. The number of aryl methyl sites for hydroxylation is 1. The van der Waals surface area contributed by atoms with E-state index in [1.54, 1.807) is 0 Å². The molecular formula is C17H26N2O. The molecule has 0 saturated carbocycles. The molecule has 1 atom stereocenters. The number of nitrogens with one attached hydrogen (secondary N) is 1. The van der Waals surface area contributed by atoms with Crippen molar-refractivity contribution >= 4 is 5.91 Å². The number of carbonyl (C=O) groups excluding carboxylic acids is 1. The summed E-state index contributed by atoms with van der Waals surface area (Å²) in [6.07, 6.45) is 4.01. The molecule has 0 bridgehead atoms. The van der Waals surface area contributed by atoms with E-state index in [0.29, 0.717) is 12.3 Å². The number of nitrogens with zero attached hydrogens (tertiary/aromatic N) is 1. The Balaban J connectivity index is 1.82. The standard InChI is InChI=1S/C17H26N2O/c1-17(10-8-15-6-4-3-5-7-15)11-13-19(14-17)16(20)9-12-18-2/h3-7,18H,8-14H2,1-2H3. The first-order valence-corrected chi connectivity index (χ1v) is 7.59. The molecule has 1 heterocycles. The van der Waals surface area contributed by atoms with Crippen LogP contribution in [0.4, 0.5) is 0 Å². The third kappa shape index (κ3) is 4.07. The number of carbonyl (C=O) groups is 1. The summed E-state index contributed by atoms with van der Waals surface area (Å²) < 4.78 is 0. The first-order valence-electron chi connectivity index (χ1n) is 7.59. The summed E-state index contributed by atoms with van der Waals surface area (Å²) in [6, 6.07) is 10.6. The van der Waals surface area contributed by atoms with E-state index in [2.05, 4.69) is 42.6 Å². The van der Waals surface area contributed by atoms with Crippen LogP contribution in [0.25, 0.3) is 0 Å². The van der Waals surface area contributed by atoms with E-state index in [1.165, 1.54) is 5.56 Å². The van der Waals surface area contributed by atoms with Crippen LogP contribution in [0, 0.1) is 5.41 Å². The van der Waals surface area contributed by atoms with Gasteiger partial charge in [-0.05, 0) is 37.3 Å². The van der Waals surface area contributed by atoms with E-state index < -0.39 is 0 Å². The zero-order valence-corrected chi connectivity index (χ0v) is 12.7. The predicted octanol–water partition coefficient (Wildman–Crippen LogP) is 2.47. The number of rotatable bonds is 6. The van der Waals surface area contributed by atoms with Crippen LogP contribution >= 0.6 is 0 Å². The fourth-order valence-electron chi connectivity index (χ4n) is 2.92. The van der Waals surface area contributed by atoms with Gasteiger partial charge in [0.25, 0.3) is 0 Å². The summed E-state index contributed by atoms with van der Waals surface area (Å²) in [5, 5.41) is 3.04. The number of amides is 1. The molecule has 1 amide bonds. The summed E-state index contributed by atoms with van der Waals surface area (Å²) in [4.78, 5) is 14.1. The summed E-state index contributed by atoms with van der Waals surface area (Å²) in [7, 11) is 1.89. The first-order chi connectivity index (χ1) is 9.63. The average molecular weight is 274 g/mol. The molecular weight excluding hydrogens is 248 g/mol. The summed E-state index contributed by atoms with van der Waals surface area (Å²) >= 11 is 0. The molecule has 0 radical (unpaired) electrons. The molecule has 3 nitrogen and oxygen atoms in total. The van der Waals surface area contributed by atoms with Gasteiger partial charge in [-0.25, -0.2) is 0 Å². The Morgan fingerprint density at radius 3 is 2.80 bits per heavy atom. The minimum atomic E-state index is 0.283. The lowest BCUT2D eigenvalue weighted by Crippen LogP contribution is -2.32. The van der Waals surface area contributed by atoms with Gasteiger partial charge < -0.3 is 10.2 Å². The molecule has 1 aromatic rings. The van der Waals surface area contributed by atoms with Gasteiger partial charge in [0.2, 0.25) is 5.91 Å². The van der Waals surface area contributed by atoms with Crippen LogP contribution in [0.3, 0.4) is 0 Å².